The largest absolute Gasteiger partial charge is 0.384 e. The number of rotatable bonds is 4. The van der Waals surface area contributed by atoms with Gasteiger partial charge in [0.1, 0.15) is 11.7 Å². The smallest absolute Gasteiger partial charge is 0.135 e. The lowest BCUT2D eigenvalue weighted by Crippen LogP contribution is -2.15. The van der Waals surface area contributed by atoms with E-state index in [0.29, 0.717) is 5.56 Å². The summed E-state index contributed by atoms with van der Waals surface area (Å²) in [5, 5.41) is 14.9. The highest BCUT2D eigenvalue weighted by molar-refractivity contribution is 6.00. The molecule has 0 fully saturated rings. The number of hydrogen-bond donors (Lipinski definition) is 3. The molecule has 0 radical (unpaired) electrons. The summed E-state index contributed by atoms with van der Waals surface area (Å²) in [6.45, 7) is 4.80. The van der Waals surface area contributed by atoms with Crippen molar-refractivity contribution in [2.45, 2.75) is 20.3 Å². The maximum atomic E-state index is 7.45. The van der Waals surface area contributed by atoms with E-state index in [-0.39, 0.29) is 5.84 Å². The van der Waals surface area contributed by atoms with E-state index >= 15 is 0 Å². The van der Waals surface area contributed by atoms with Gasteiger partial charge in [0.25, 0.3) is 0 Å². The van der Waals surface area contributed by atoms with Gasteiger partial charge in [-0.2, -0.15) is 5.10 Å². The molecule has 0 aliphatic rings. The zero-order chi connectivity index (χ0) is 10.7. The number of nitrogens with two attached hydrogens (primary N) is 1. The van der Waals surface area contributed by atoms with Gasteiger partial charge in [0.2, 0.25) is 0 Å². The highest BCUT2D eigenvalue weighted by Gasteiger charge is 2.14. The van der Waals surface area contributed by atoms with Gasteiger partial charge in [0, 0.05) is 13.6 Å². The quantitative estimate of drug-likeness (QED) is 0.492. The molecule has 0 aliphatic heterocycles. The Morgan fingerprint density at radius 2 is 2.29 bits per heavy atom. The second kappa shape index (κ2) is 4.13. The minimum Gasteiger partial charge on any atom is -0.384 e. The predicted octanol–water partition coefficient (Wildman–Crippen LogP) is 0.834. The summed E-state index contributed by atoms with van der Waals surface area (Å²) in [4.78, 5) is 0. The average molecular weight is 195 g/mol. The minimum atomic E-state index is 0.0641. The van der Waals surface area contributed by atoms with Crippen LogP contribution in [0.4, 0.5) is 5.82 Å². The van der Waals surface area contributed by atoms with Gasteiger partial charge in [-0.05, 0) is 13.3 Å². The molecule has 0 aromatic carbocycles. The molecule has 0 atom stereocenters. The first-order valence-electron chi connectivity index (χ1n) is 4.69. The third-order valence-electron chi connectivity index (χ3n) is 2.03. The number of nitrogen functional groups attached to an aromatic ring is 1. The number of hydrogen-bond acceptors (Lipinski definition) is 3. The molecule has 5 heteroatoms. The van der Waals surface area contributed by atoms with Gasteiger partial charge in [-0.1, -0.05) is 6.92 Å². The fourth-order valence-corrected chi connectivity index (χ4v) is 1.43. The lowest BCUT2D eigenvalue weighted by atomic mass is 10.2. The molecule has 0 saturated carbocycles. The van der Waals surface area contributed by atoms with Crippen molar-refractivity contribution in [3.8, 4) is 0 Å². The first-order chi connectivity index (χ1) is 6.57. The highest BCUT2D eigenvalue weighted by atomic mass is 15.3. The molecule has 0 aliphatic carbocycles. The van der Waals surface area contributed by atoms with Gasteiger partial charge in [-0.15, -0.1) is 0 Å². The van der Waals surface area contributed by atoms with Crippen LogP contribution in [0.5, 0.6) is 0 Å². The third-order valence-corrected chi connectivity index (χ3v) is 2.03. The molecule has 14 heavy (non-hydrogen) atoms. The molecular formula is C9H17N5. The van der Waals surface area contributed by atoms with Gasteiger partial charge in [-0.25, -0.2) is 0 Å². The summed E-state index contributed by atoms with van der Waals surface area (Å²) in [7, 11) is 1.84. The van der Waals surface area contributed by atoms with E-state index in [0.717, 1.165) is 24.5 Å². The number of aryl methyl sites for hydroxylation is 2. The van der Waals surface area contributed by atoms with Crippen molar-refractivity contribution < 1.29 is 0 Å². The molecule has 1 aromatic rings. The van der Waals surface area contributed by atoms with Crippen molar-refractivity contribution in [3.05, 3.63) is 11.3 Å². The number of anilines is 1. The number of nitrogens with one attached hydrogen (secondary N) is 2. The Balaban J connectivity index is 3.05. The topological polar surface area (TPSA) is 79.7 Å². The summed E-state index contributed by atoms with van der Waals surface area (Å²) >= 11 is 0. The molecule has 0 amide bonds. The second-order valence-corrected chi connectivity index (χ2v) is 3.27. The molecule has 1 rings (SSSR count). The summed E-state index contributed by atoms with van der Waals surface area (Å²) in [5.41, 5.74) is 6.99. The maximum absolute atomic E-state index is 7.45. The van der Waals surface area contributed by atoms with Crippen LogP contribution in [0.1, 0.15) is 24.6 Å². The lowest BCUT2D eigenvalue weighted by Gasteiger charge is -2.07. The van der Waals surface area contributed by atoms with E-state index in [1.807, 2.05) is 14.0 Å². The Bertz CT molecular complexity index is 339. The van der Waals surface area contributed by atoms with E-state index in [4.69, 9.17) is 11.1 Å². The van der Waals surface area contributed by atoms with Crippen molar-refractivity contribution >= 4 is 11.7 Å². The van der Waals surface area contributed by atoms with Gasteiger partial charge in [-0.3, -0.25) is 10.1 Å². The van der Waals surface area contributed by atoms with Crippen LogP contribution in [0.2, 0.25) is 0 Å². The molecular weight excluding hydrogens is 178 g/mol. The Labute approximate surface area is 83.8 Å². The standard InChI is InChI=1S/C9H17N5/c1-4-5-12-9-7(8(10)11)6(2)13-14(9)3/h12H,4-5H2,1-3H3,(H3,10,11). The zero-order valence-electron chi connectivity index (χ0n) is 8.89. The number of amidine groups is 1. The fraction of sp³-hybridized carbons (Fsp3) is 0.556. The van der Waals surface area contributed by atoms with Crippen LogP contribution >= 0.6 is 0 Å². The molecule has 0 unspecified atom stereocenters. The highest BCUT2D eigenvalue weighted by Crippen LogP contribution is 2.17. The Morgan fingerprint density at radius 3 is 2.79 bits per heavy atom. The molecule has 0 spiro atoms. The molecule has 5 nitrogen and oxygen atoms in total. The third kappa shape index (κ3) is 1.86. The number of aromatic nitrogens is 2. The van der Waals surface area contributed by atoms with E-state index in [1.54, 1.807) is 4.68 Å². The second-order valence-electron chi connectivity index (χ2n) is 3.27. The van der Waals surface area contributed by atoms with Crippen LogP contribution in [-0.2, 0) is 7.05 Å². The fourth-order valence-electron chi connectivity index (χ4n) is 1.43. The molecule has 78 valence electrons. The molecule has 0 bridgehead atoms. The van der Waals surface area contributed by atoms with Crippen LogP contribution < -0.4 is 11.1 Å². The summed E-state index contributed by atoms with van der Waals surface area (Å²) < 4.78 is 1.72. The van der Waals surface area contributed by atoms with Crippen molar-refractivity contribution in [1.82, 2.24) is 9.78 Å². The lowest BCUT2D eigenvalue weighted by molar-refractivity contribution is 0.756. The number of nitrogens with zero attached hydrogens (tertiary/aromatic N) is 2. The minimum absolute atomic E-state index is 0.0641. The molecule has 4 N–H and O–H groups in total. The van der Waals surface area contributed by atoms with Gasteiger partial charge < -0.3 is 11.1 Å². The molecule has 1 heterocycles. The van der Waals surface area contributed by atoms with Gasteiger partial charge >= 0.3 is 0 Å². The van der Waals surface area contributed by atoms with Gasteiger partial charge in [0.15, 0.2) is 0 Å². The van der Waals surface area contributed by atoms with E-state index < -0.39 is 0 Å². The molecule has 1 aromatic heterocycles. The van der Waals surface area contributed by atoms with Crippen molar-refractivity contribution in [2.75, 3.05) is 11.9 Å². The van der Waals surface area contributed by atoms with E-state index in [1.165, 1.54) is 0 Å². The van der Waals surface area contributed by atoms with Crippen LogP contribution in [0, 0.1) is 12.3 Å². The summed E-state index contributed by atoms with van der Waals surface area (Å²) in [5.74, 6) is 0.894. The van der Waals surface area contributed by atoms with Crippen molar-refractivity contribution in [1.29, 1.82) is 5.41 Å². The van der Waals surface area contributed by atoms with Crippen LogP contribution in [0.15, 0.2) is 0 Å². The first-order valence-corrected chi connectivity index (χ1v) is 4.69. The monoisotopic (exact) mass is 195 g/mol. The van der Waals surface area contributed by atoms with Crippen LogP contribution in [0.25, 0.3) is 0 Å². The first kappa shape index (κ1) is 10.6. The van der Waals surface area contributed by atoms with Crippen LogP contribution in [0.3, 0.4) is 0 Å². The maximum Gasteiger partial charge on any atom is 0.135 e. The Kier molecular flexibility index (Phi) is 3.11. The SMILES string of the molecule is CCCNc1c(C(=N)N)c(C)nn1C. The van der Waals surface area contributed by atoms with E-state index in [9.17, 15) is 0 Å². The van der Waals surface area contributed by atoms with Gasteiger partial charge in [0.05, 0.1) is 11.3 Å². The van der Waals surface area contributed by atoms with Crippen molar-refractivity contribution in [2.24, 2.45) is 12.8 Å². The summed E-state index contributed by atoms with van der Waals surface area (Å²) in [6, 6.07) is 0. The average Bonchev–Trinajstić information content (AvgIpc) is 2.37. The zero-order valence-corrected chi connectivity index (χ0v) is 8.89. The summed E-state index contributed by atoms with van der Waals surface area (Å²) in [6.07, 6.45) is 1.03. The molecule has 0 saturated heterocycles. The predicted molar refractivity (Wildman–Crippen MR) is 57.7 cm³/mol. The van der Waals surface area contributed by atoms with E-state index in [2.05, 4.69) is 17.3 Å². The normalized spacial score (nSPS) is 10.2. The Morgan fingerprint density at radius 1 is 1.64 bits per heavy atom. The Hall–Kier alpha value is -1.52. The van der Waals surface area contributed by atoms with Crippen molar-refractivity contribution in [3.63, 3.8) is 0 Å². The van der Waals surface area contributed by atoms with Crippen LogP contribution in [-0.4, -0.2) is 22.2 Å².